The first-order chi connectivity index (χ1) is 14.7. The number of carbonyl (C=O) groups excluding carboxylic acids is 3. The summed E-state index contributed by atoms with van der Waals surface area (Å²) in [6.45, 7) is 13.1. The number of methoxy groups -OCH3 is 1. The zero-order valence-corrected chi connectivity index (χ0v) is 21.6. The molecule has 8 heteroatoms. The summed E-state index contributed by atoms with van der Waals surface area (Å²) in [6.07, 6.45) is 3.24. The minimum atomic E-state index is -0.366. The van der Waals surface area contributed by atoms with Gasteiger partial charge in [0, 0.05) is 33.2 Å². The molecule has 0 aliphatic carbocycles. The predicted molar refractivity (Wildman–Crippen MR) is 125 cm³/mol. The van der Waals surface area contributed by atoms with Gasteiger partial charge in [-0.3, -0.25) is 9.59 Å². The molecule has 0 bridgehead atoms. The van der Waals surface area contributed by atoms with E-state index in [9.17, 15) is 14.4 Å². The molecule has 0 saturated carbocycles. The third kappa shape index (κ3) is 10.8. The highest BCUT2D eigenvalue weighted by atomic mass is 16.5. The molecule has 8 nitrogen and oxygen atoms in total. The second-order valence-electron chi connectivity index (χ2n) is 11.4. The van der Waals surface area contributed by atoms with E-state index in [1.165, 1.54) is 0 Å². The van der Waals surface area contributed by atoms with Crippen LogP contribution in [0.5, 0.6) is 0 Å². The van der Waals surface area contributed by atoms with Gasteiger partial charge in [-0.15, -0.1) is 0 Å². The topological polar surface area (TPSA) is 84.9 Å². The third-order valence-corrected chi connectivity index (χ3v) is 5.93. The standard InChI is InChI=1S/C24H45N3O5/c1-9-12-27(6,7)15-22(30)32-16-20(28)25-18-24(4,5)17-23(2,3)13-21(29)26-11-10-19(14-26)31-8/h19H,9-18H2,1-8H3/p+1. The molecule has 1 aliphatic heterocycles. The minimum Gasteiger partial charge on any atom is -0.451 e. The van der Waals surface area contributed by atoms with Crippen LogP contribution in [0.25, 0.3) is 0 Å². The number of nitrogens with zero attached hydrogens (tertiary/aromatic N) is 2. The van der Waals surface area contributed by atoms with Crippen molar-refractivity contribution in [2.75, 3.05) is 60.5 Å². The molecule has 1 unspecified atom stereocenters. The van der Waals surface area contributed by atoms with Crippen molar-refractivity contribution in [1.82, 2.24) is 10.2 Å². The van der Waals surface area contributed by atoms with Gasteiger partial charge in [-0.1, -0.05) is 34.6 Å². The number of quaternary nitrogens is 1. The number of esters is 1. The molecule has 0 spiro atoms. The molecule has 0 aromatic rings. The zero-order valence-electron chi connectivity index (χ0n) is 21.6. The van der Waals surface area contributed by atoms with E-state index in [1.807, 2.05) is 19.0 Å². The van der Waals surface area contributed by atoms with E-state index in [2.05, 4.69) is 39.9 Å². The Morgan fingerprint density at radius 3 is 2.34 bits per heavy atom. The van der Waals surface area contributed by atoms with E-state index in [-0.39, 0.29) is 47.9 Å². The molecule has 32 heavy (non-hydrogen) atoms. The van der Waals surface area contributed by atoms with Crippen LogP contribution in [0.4, 0.5) is 0 Å². The van der Waals surface area contributed by atoms with Crippen molar-refractivity contribution in [1.29, 1.82) is 0 Å². The summed E-state index contributed by atoms with van der Waals surface area (Å²) in [6, 6.07) is 0. The van der Waals surface area contributed by atoms with Crippen molar-refractivity contribution in [3.63, 3.8) is 0 Å². The first kappa shape index (κ1) is 28.4. The van der Waals surface area contributed by atoms with Crippen LogP contribution in [-0.2, 0) is 23.9 Å². The largest absolute Gasteiger partial charge is 0.451 e. The molecule has 1 saturated heterocycles. The van der Waals surface area contributed by atoms with Crippen molar-refractivity contribution in [3.05, 3.63) is 0 Å². The average Bonchev–Trinajstić information content (AvgIpc) is 3.12. The third-order valence-electron chi connectivity index (χ3n) is 5.93. The molecule has 1 heterocycles. The Morgan fingerprint density at radius 1 is 1.12 bits per heavy atom. The second kappa shape index (κ2) is 12.0. The van der Waals surface area contributed by atoms with Crippen molar-refractivity contribution in [2.24, 2.45) is 10.8 Å². The molecule has 1 fully saturated rings. The van der Waals surface area contributed by atoms with E-state index < -0.39 is 0 Å². The molecule has 1 aliphatic rings. The van der Waals surface area contributed by atoms with Gasteiger partial charge in [-0.05, 0) is 30.1 Å². The Morgan fingerprint density at radius 2 is 1.78 bits per heavy atom. The van der Waals surface area contributed by atoms with Crippen LogP contribution >= 0.6 is 0 Å². The Balaban J connectivity index is 2.42. The van der Waals surface area contributed by atoms with E-state index in [0.717, 1.165) is 32.4 Å². The summed E-state index contributed by atoms with van der Waals surface area (Å²) >= 11 is 0. The van der Waals surface area contributed by atoms with Crippen LogP contribution in [0.1, 0.15) is 60.3 Å². The highest BCUT2D eigenvalue weighted by Gasteiger charge is 2.34. The summed E-state index contributed by atoms with van der Waals surface area (Å²) in [4.78, 5) is 38.8. The van der Waals surface area contributed by atoms with Crippen LogP contribution in [0, 0.1) is 10.8 Å². The van der Waals surface area contributed by atoms with Gasteiger partial charge in [0.15, 0.2) is 13.2 Å². The van der Waals surface area contributed by atoms with Gasteiger partial charge in [0.2, 0.25) is 5.91 Å². The Hall–Kier alpha value is -1.67. The summed E-state index contributed by atoms with van der Waals surface area (Å²) in [7, 11) is 5.63. The predicted octanol–water partition coefficient (Wildman–Crippen LogP) is 2.21. The lowest BCUT2D eigenvalue weighted by molar-refractivity contribution is -0.883. The van der Waals surface area contributed by atoms with Crippen molar-refractivity contribution >= 4 is 17.8 Å². The Bertz CT molecular complexity index is 646. The van der Waals surface area contributed by atoms with E-state index in [0.29, 0.717) is 24.0 Å². The molecule has 2 amide bonds. The van der Waals surface area contributed by atoms with E-state index >= 15 is 0 Å². The molecule has 1 N–H and O–H groups in total. The number of likely N-dealkylation sites (tertiary alicyclic amines) is 1. The van der Waals surface area contributed by atoms with Gasteiger partial charge in [-0.2, -0.15) is 0 Å². The highest BCUT2D eigenvalue weighted by Crippen LogP contribution is 2.36. The van der Waals surface area contributed by atoms with Crippen LogP contribution in [0.15, 0.2) is 0 Å². The number of nitrogens with one attached hydrogen (secondary N) is 1. The van der Waals surface area contributed by atoms with Crippen molar-refractivity contribution in [2.45, 2.75) is 66.4 Å². The summed E-state index contributed by atoms with van der Waals surface area (Å²) in [5.41, 5.74) is -0.407. The lowest BCUT2D eigenvalue weighted by Gasteiger charge is -2.35. The van der Waals surface area contributed by atoms with Gasteiger partial charge < -0.3 is 24.2 Å². The van der Waals surface area contributed by atoms with Crippen LogP contribution in [0.2, 0.25) is 0 Å². The van der Waals surface area contributed by atoms with Gasteiger partial charge in [0.25, 0.3) is 5.91 Å². The van der Waals surface area contributed by atoms with Crippen LogP contribution in [-0.4, -0.2) is 93.8 Å². The zero-order chi connectivity index (χ0) is 24.6. The number of likely N-dealkylation sites (N-methyl/N-ethyl adjacent to an activating group) is 1. The summed E-state index contributed by atoms with van der Waals surface area (Å²) < 4.78 is 11.1. The fraction of sp³-hybridized carbons (Fsp3) is 0.875. The Kier molecular flexibility index (Phi) is 10.6. The quantitative estimate of drug-likeness (QED) is 0.339. The molecular formula is C24H46N3O5+. The molecule has 0 aromatic heterocycles. The van der Waals surface area contributed by atoms with Crippen LogP contribution < -0.4 is 5.32 Å². The van der Waals surface area contributed by atoms with Gasteiger partial charge in [0.1, 0.15) is 0 Å². The summed E-state index contributed by atoms with van der Waals surface area (Å²) in [5.74, 6) is -0.510. The fourth-order valence-corrected chi connectivity index (χ4v) is 4.70. The fourth-order valence-electron chi connectivity index (χ4n) is 4.70. The van der Waals surface area contributed by atoms with Gasteiger partial charge >= 0.3 is 5.97 Å². The van der Waals surface area contributed by atoms with Gasteiger partial charge in [0.05, 0.1) is 26.7 Å². The first-order valence-electron chi connectivity index (χ1n) is 11.7. The number of hydrogen-bond acceptors (Lipinski definition) is 5. The number of hydrogen-bond donors (Lipinski definition) is 1. The molecule has 186 valence electrons. The lowest BCUT2D eigenvalue weighted by atomic mass is 9.73. The highest BCUT2D eigenvalue weighted by molar-refractivity contribution is 5.80. The van der Waals surface area contributed by atoms with Crippen LogP contribution in [0.3, 0.4) is 0 Å². The average molecular weight is 457 g/mol. The van der Waals surface area contributed by atoms with Gasteiger partial charge in [-0.25, -0.2) is 4.79 Å². The first-order valence-corrected chi connectivity index (χ1v) is 11.7. The van der Waals surface area contributed by atoms with Crippen molar-refractivity contribution < 1.29 is 28.3 Å². The number of ether oxygens (including phenoxy) is 2. The number of carbonyl (C=O) groups is 3. The molecule has 1 atom stereocenters. The lowest BCUT2D eigenvalue weighted by Crippen LogP contribution is -2.45. The Labute approximate surface area is 194 Å². The normalized spacial score (nSPS) is 17.4. The maximum atomic E-state index is 12.7. The SMILES string of the molecule is CCC[N+](C)(C)CC(=O)OCC(=O)NCC(C)(C)CC(C)(C)CC(=O)N1CCC(OC)C1. The molecular weight excluding hydrogens is 410 g/mol. The van der Waals surface area contributed by atoms with Crippen molar-refractivity contribution in [3.8, 4) is 0 Å². The van der Waals surface area contributed by atoms with E-state index in [4.69, 9.17) is 9.47 Å². The number of amides is 2. The minimum absolute atomic E-state index is 0.138. The maximum absolute atomic E-state index is 12.7. The van der Waals surface area contributed by atoms with E-state index in [1.54, 1.807) is 7.11 Å². The molecule has 1 rings (SSSR count). The summed E-state index contributed by atoms with van der Waals surface area (Å²) in [5, 5.41) is 2.88. The number of rotatable bonds is 13. The maximum Gasteiger partial charge on any atom is 0.362 e. The molecule has 0 aromatic carbocycles. The second-order valence-corrected chi connectivity index (χ2v) is 11.4. The smallest absolute Gasteiger partial charge is 0.362 e. The monoisotopic (exact) mass is 456 g/mol. The molecule has 0 radical (unpaired) electrons.